The standard InChI is InChI=1S/C9H13ClN2/c1-8-3-2-4-9(12-8)7-11-6-5-10/h2-4,11H,5-7H2,1H3. The Labute approximate surface area is 78.0 Å². The normalized spacial score (nSPS) is 10.2. The molecule has 1 rings (SSSR count). The van der Waals surface area contributed by atoms with Crippen LogP contribution >= 0.6 is 11.6 Å². The van der Waals surface area contributed by atoms with Crippen LogP contribution < -0.4 is 5.32 Å². The second-order valence-electron chi connectivity index (χ2n) is 2.64. The number of nitrogens with one attached hydrogen (secondary N) is 1. The number of hydrogen-bond acceptors (Lipinski definition) is 2. The number of pyridine rings is 1. The van der Waals surface area contributed by atoms with Crippen LogP contribution in [-0.2, 0) is 6.54 Å². The minimum Gasteiger partial charge on any atom is -0.310 e. The number of alkyl halides is 1. The molecule has 66 valence electrons. The Morgan fingerprint density at radius 2 is 2.33 bits per heavy atom. The van der Waals surface area contributed by atoms with Crippen molar-refractivity contribution in [1.82, 2.24) is 10.3 Å². The Hall–Kier alpha value is -0.600. The number of aromatic nitrogens is 1. The topological polar surface area (TPSA) is 24.9 Å². The Morgan fingerprint density at radius 1 is 1.50 bits per heavy atom. The van der Waals surface area contributed by atoms with E-state index in [4.69, 9.17) is 11.6 Å². The van der Waals surface area contributed by atoms with E-state index in [-0.39, 0.29) is 0 Å². The van der Waals surface area contributed by atoms with Crippen LogP contribution in [-0.4, -0.2) is 17.4 Å². The Balaban J connectivity index is 2.41. The molecule has 1 N–H and O–H groups in total. The Bertz CT molecular complexity index is 238. The monoisotopic (exact) mass is 184 g/mol. The summed E-state index contributed by atoms with van der Waals surface area (Å²) in [6, 6.07) is 6.01. The van der Waals surface area contributed by atoms with E-state index in [0.717, 1.165) is 24.5 Å². The van der Waals surface area contributed by atoms with Crippen LogP contribution in [0.2, 0.25) is 0 Å². The van der Waals surface area contributed by atoms with Crippen LogP contribution in [0.25, 0.3) is 0 Å². The SMILES string of the molecule is Cc1cccc(CNCCCl)n1. The molecule has 0 amide bonds. The maximum atomic E-state index is 5.52. The van der Waals surface area contributed by atoms with Gasteiger partial charge in [-0.15, -0.1) is 11.6 Å². The average molecular weight is 185 g/mol. The van der Waals surface area contributed by atoms with Crippen LogP contribution in [0.5, 0.6) is 0 Å². The van der Waals surface area contributed by atoms with Crippen LogP contribution in [0.15, 0.2) is 18.2 Å². The predicted molar refractivity (Wildman–Crippen MR) is 51.4 cm³/mol. The quantitative estimate of drug-likeness (QED) is 0.570. The largest absolute Gasteiger partial charge is 0.310 e. The summed E-state index contributed by atoms with van der Waals surface area (Å²) in [6.45, 7) is 3.62. The third-order valence-corrected chi connectivity index (χ3v) is 1.71. The van der Waals surface area contributed by atoms with Gasteiger partial charge >= 0.3 is 0 Å². The summed E-state index contributed by atoms with van der Waals surface area (Å²) >= 11 is 5.52. The van der Waals surface area contributed by atoms with E-state index >= 15 is 0 Å². The van der Waals surface area contributed by atoms with E-state index in [1.54, 1.807) is 0 Å². The summed E-state index contributed by atoms with van der Waals surface area (Å²) in [6.07, 6.45) is 0. The fraction of sp³-hybridized carbons (Fsp3) is 0.444. The first-order valence-electron chi connectivity index (χ1n) is 4.02. The lowest BCUT2D eigenvalue weighted by atomic mass is 10.3. The fourth-order valence-electron chi connectivity index (χ4n) is 0.981. The highest BCUT2D eigenvalue weighted by molar-refractivity contribution is 6.18. The van der Waals surface area contributed by atoms with Gasteiger partial charge in [0.05, 0.1) is 5.69 Å². The van der Waals surface area contributed by atoms with Crippen LogP contribution in [0, 0.1) is 6.92 Å². The second kappa shape index (κ2) is 5.12. The molecular weight excluding hydrogens is 172 g/mol. The molecule has 0 radical (unpaired) electrons. The number of aryl methyl sites for hydroxylation is 1. The molecule has 3 heteroatoms. The molecule has 12 heavy (non-hydrogen) atoms. The van der Waals surface area contributed by atoms with Gasteiger partial charge in [-0.1, -0.05) is 6.07 Å². The van der Waals surface area contributed by atoms with E-state index in [1.165, 1.54) is 0 Å². The molecule has 0 aliphatic rings. The first-order chi connectivity index (χ1) is 5.83. The molecule has 0 aromatic carbocycles. The molecule has 0 saturated heterocycles. The van der Waals surface area contributed by atoms with Gasteiger partial charge in [0.15, 0.2) is 0 Å². The summed E-state index contributed by atoms with van der Waals surface area (Å²) < 4.78 is 0. The molecule has 0 fully saturated rings. The second-order valence-corrected chi connectivity index (χ2v) is 3.01. The molecule has 0 spiro atoms. The number of hydrogen-bond donors (Lipinski definition) is 1. The molecule has 0 unspecified atom stereocenters. The van der Waals surface area contributed by atoms with Gasteiger partial charge in [-0.25, -0.2) is 0 Å². The maximum absolute atomic E-state index is 5.52. The van der Waals surface area contributed by atoms with E-state index in [9.17, 15) is 0 Å². The lowest BCUT2D eigenvalue weighted by Crippen LogP contribution is -2.16. The fourth-order valence-corrected chi connectivity index (χ4v) is 1.11. The predicted octanol–water partition coefficient (Wildman–Crippen LogP) is 1.72. The van der Waals surface area contributed by atoms with E-state index in [1.807, 2.05) is 25.1 Å². The van der Waals surface area contributed by atoms with Crippen LogP contribution in [0.1, 0.15) is 11.4 Å². The van der Waals surface area contributed by atoms with Crippen molar-refractivity contribution in [1.29, 1.82) is 0 Å². The summed E-state index contributed by atoms with van der Waals surface area (Å²) in [7, 11) is 0. The molecule has 0 atom stereocenters. The summed E-state index contributed by atoms with van der Waals surface area (Å²) in [5, 5.41) is 3.18. The van der Waals surface area contributed by atoms with Gasteiger partial charge in [0.25, 0.3) is 0 Å². The molecular formula is C9H13ClN2. The van der Waals surface area contributed by atoms with Crippen LogP contribution in [0.4, 0.5) is 0 Å². The lowest BCUT2D eigenvalue weighted by Gasteiger charge is -2.01. The average Bonchev–Trinajstić information content (AvgIpc) is 2.05. The zero-order valence-electron chi connectivity index (χ0n) is 7.18. The van der Waals surface area contributed by atoms with Crippen molar-refractivity contribution in [3.63, 3.8) is 0 Å². The van der Waals surface area contributed by atoms with Crippen LogP contribution in [0.3, 0.4) is 0 Å². The number of nitrogens with zero attached hydrogens (tertiary/aromatic N) is 1. The zero-order valence-corrected chi connectivity index (χ0v) is 7.93. The first-order valence-corrected chi connectivity index (χ1v) is 4.55. The van der Waals surface area contributed by atoms with Crippen molar-refractivity contribution in [3.8, 4) is 0 Å². The molecule has 0 bridgehead atoms. The highest BCUT2D eigenvalue weighted by Crippen LogP contribution is 1.96. The highest BCUT2D eigenvalue weighted by atomic mass is 35.5. The molecule has 0 aliphatic heterocycles. The number of halogens is 1. The molecule has 0 aliphatic carbocycles. The van der Waals surface area contributed by atoms with Gasteiger partial charge in [0.1, 0.15) is 0 Å². The third-order valence-electron chi connectivity index (χ3n) is 1.52. The molecule has 1 aromatic rings. The van der Waals surface area contributed by atoms with Gasteiger partial charge in [-0.2, -0.15) is 0 Å². The van der Waals surface area contributed by atoms with Gasteiger partial charge in [0, 0.05) is 24.7 Å². The van der Waals surface area contributed by atoms with E-state index in [0.29, 0.717) is 5.88 Å². The van der Waals surface area contributed by atoms with Crippen molar-refractivity contribution >= 4 is 11.6 Å². The van der Waals surface area contributed by atoms with E-state index in [2.05, 4.69) is 10.3 Å². The van der Waals surface area contributed by atoms with Gasteiger partial charge in [-0.3, -0.25) is 4.98 Å². The van der Waals surface area contributed by atoms with Crippen molar-refractivity contribution in [2.75, 3.05) is 12.4 Å². The summed E-state index contributed by atoms with van der Waals surface area (Å²) in [5.41, 5.74) is 2.13. The lowest BCUT2D eigenvalue weighted by molar-refractivity contribution is 0.711. The maximum Gasteiger partial charge on any atom is 0.0544 e. The van der Waals surface area contributed by atoms with Gasteiger partial charge in [0.2, 0.25) is 0 Å². The smallest absolute Gasteiger partial charge is 0.0544 e. The van der Waals surface area contributed by atoms with Crippen molar-refractivity contribution in [3.05, 3.63) is 29.6 Å². The minimum absolute atomic E-state index is 0.645. The third kappa shape index (κ3) is 3.20. The molecule has 2 nitrogen and oxygen atoms in total. The van der Waals surface area contributed by atoms with Crippen molar-refractivity contribution in [2.45, 2.75) is 13.5 Å². The molecule has 1 aromatic heterocycles. The highest BCUT2D eigenvalue weighted by Gasteiger charge is 1.92. The summed E-state index contributed by atoms with van der Waals surface area (Å²) in [4.78, 5) is 4.34. The van der Waals surface area contributed by atoms with Gasteiger partial charge < -0.3 is 5.32 Å². The van der Waals surface area contributed by atoms with Crippen molar-refractivity contribution < 1.29 is 0 Å². The van der Waals surface area contributed by atoms with E-state index < -0.39 is 0 Å². The first kappa shape index (κ1) is 9.49. The Morgan fingerprint density at radius 3 is 3.00 bits per heavy atom. The molecule has 0 saturated carbocycles. The molecule has 1 heterocycles. The summed E-state index contributed by atoms with van der Waals surface area (Å²) in [5.74, 6) is 0.645. The minimum atomic E-state index is 0.645. The Kier molecular flexibility index (Phi) is 4.05. The zero-order chi connectivity index (χ0) is 8.81. The van der Waals surface area contributed by atoms with Crippen molar-refractivity contribution in [2.24, 2.45) is 0 Å². The van der Waals surface area contributed by atoms with Gasteiger partial charge in [-0.05, 0) is 19.1 Å². The number of rotatable bonds is 4.